The average molecular weight is 383 g/mol. The number of nitrogens with one attached hydrogen (secondary N) is 3. The maximum atomic E-state index is 12.3. The second-order valence-corrected chi connectivity index (χ2v) is 6.89. The molecule has 0 radical (unpaired) electrons. The minimum absolute atomic E-state index is 0.0816. The molecule has 2 aromatic rings. The van der Waals surface area contributed by atoms with Crippen molar-refractivity contribution in [2.45, 2.75) is 32.5 Å². The second kappa shape index (κ2) is 9.12. The van der Waals surface area contributed by atoms with Gasteiger partial charge < -0.3 is 25.4 Å². The molecule has 0 spiro atoms. The van der Waals surface area contributed by atoms with Gasteiger partial charge in [0, 0.05) is 18.2 Å². The number of benzene rings is 2. The van der Waals surface area contributed by atoms with Gasteiger partial charge in [-0.2, -0.15) is 0 Å². The van der Waals surface area contributed by atoms with E-state index >= 15 is 0 Å². The first-order valence-corrected chi connectivity index (χ1v) is 9.31. The zero-order chi connectivity index (χ0) is 19.9. The number of rotatable bonds is 6. The molecule has 2 aromatic carbocycles. The summed E-state index contributed by atoms with van der Waals surface area (Å²) in [7, 11) is 0. The van der Waals surface area contributed by atoms with E-state index in [1.165, 1.54) is 0 Å². The number of fused-ring (bicyclic) bond motifs is 1. The zero-order valence-electron chi connectivity index (χ0n) is 16.0. The maximum absolute atomic E-state index is 12.3. The highest BCUT2D eigenvalue weighted by molar-refractivity contribution is 5.94. The van der Waals surface area contributed by atoms with Gasteiger partial charge in [-0.25, -0.2) is 4.79 Å². The van der Waals surface area contributed by atoms with E-state index in [1.807, 2.05) is 50.2 Å². The van der Waals surface area contributed by atoms with Crippen molar-refractivity contribution >= 4 is 11.9 Å². The SMILES string of the molecule is CC(C)NC(=O)NCc1ccc(C(=O)NC[C@@H]2COc3ccccc3O2)cc1. The van der Waals surface area contributed by atoms with E-state index in [0.29, 0.717) is 31.0 Å². The summed E-state index contributed by atoms with van der Waals surface area (Å²) in [5, 5.41) is 8.40. The molecule has 7 heteroatoms. The van der Waals surface area contributed by atoms with Gasteiger partial charge >= 0.3 is 6.03 Å². The lowest BCUT2D eigenvalue weighted by Crippen LogP contribution is -2.40. The topological polar surface area (TPSA) is 88.7 Å². The lowest BCUT2D eigenvalue weighted by atomic mass is 10.1. The molecule has 3 rings (SSSR count). The van der Waals surface area contributed by atoms with Crippen LogP contribution in [0, 0.1) is 0 Å². The van der Waals surface area contributed by atoms with Crippen LogP contribution in [0.15, 0.2) is 48.5 Å². The zero-order valence-corrected chi connectivity index (χ0v) is 16.0. The molecule has 0 bridgehead atoms. The summed E-state index contributed by atoms with van der Waals surface area (Å²) in [6.45, 7) is 4.94. The summed E-state index contributed by atoms with van der Waals surface area (Å²) in [5.41, 5.74) is 1.46. The van der Waals surface area contributed by atoms with Crippen molar-refractivity contribution in [1.82, 2.24) is 16.0 Å². The predicted molar refractivity (Wildman–Crippen MR) is 106 cm³/mol. The third-order valence-corrected chi connectivity index (χ3v) is 4.15. The van der Waals surface area contributed by atoms with E-state index in [2.05, 4.69) is 16.0 Å². The molecule has 0 aromatic heterocycles. The highest BCUT2D eigenvalue weighted by Gasteiger charge is 2.21. The Morgan fingerprint density at radius 1 is 1.04 bits per heavy atom. The summed E-state index contributed by atoms with van der Waals surface area (Å²) in [5.74, 6) is 1.22. The van der Waals surface area contributed by atoms with Crippen molar-refractivity contribution in [2.24, 2.45) is 0 Å². The molecule has 1 aliphatic heterocycles. The fourth-order valence-corrected chi connectivity index (χ4v) is 2.74. The Balaban J connectivity index is 1.45. The Kier molecular flexibility index (Phi) is 6.37. The number of carbonyl (C=O) groups is 2. The second-order valence-electron chi connectivity index (χ2n) is 6.89. The predicted octanol–water partition coefficient (Wildman–Crippen LogP) is 2.46. The number of hydrogen-bond acceptors (Lipinski definition) is 4. The largest absolute Gasteiger partial charge is 0.486 e. The van der Waals surface area contributed by atoms with Crippen molar-refractivity contribution in [2.75, 3.05) is 13.2 Å². The highest BCUT2D eigenvalue weighted by Crippen LogP contribution is 2.30. The Labute approximate surface area is 164 Å². The third-order valence-electron chi connectivity index (χ3n) is 4.15. The lowest BCUT2D eigenvalue weighted by molar-refractivity contribution is 0.0789. The average Bonchev–Trinajstić information content (AvgIpc) is 2.70. The monoisotopic (exact) mass is 383 g/mol. The molecule has 1 aliphatic rings. The van der Waals surface area contributed by atoms with Crippen LogP contribution < -0.4 is 25.4 Å². The minimum Gasteiger partial charge on any atom is -0.486 e. The quantitative estimate of drug-likeness (QED) is 0.715. The molecule has 1 atom stereocenters. The van der Waals surface area contributed by atoms with Crippen LogP contribution in [0.25, 0.3) is 0 Å². The van der Waals surface area contributed by atoms with Gasteiger partial charge in [0.25, 0.3) is 5.91 Å². The van der Waals surface area contributed by atoms with Gasteiger partial charge in [0.15, 0.2) is 11.5 Å². The normalized spacial score (nSPS) is 15.0. The summed E-state index contributed by atoms with van der Waals surface area (Å²) < 4.78 is 11.5. The first-order chi connectivity index (χ1) is 13.5. The van der Waals surface area contributed by atoms with Crippen molar-refractivity contribution in [3.63, 3.8) is 0 Å². The fraction of sp³-hybridized carbons (Fsp3) is 0.333. The van der Waals surface area contributed by atoms with Crippen molar-refractivity contribution in [3.05, 3.63) is 59.7 Å². The van der Waals surface area contributed by atoms with Gasteiger partial charge in [-0.1, -0.05) is 24.3 Å². The standard InChI is InChI=1S/C21H25N3O4/c1-14(2)24-21(26)23-11-15-7-9-16(10-8-15)20(25)22-12-17-13-27-18-5-3-4-6-19(18)28-17/h3-10,14,17H,11-13H2,1-2H3,(H,22,25)(H2,23,24,26)/t17-/m1/s1. The van der Waals surface area contributed by atoms with Gasteiger partial charge in [0.1, 0.15) is 12.7 Å². The number of ether oxygens (including phenoxy) is 2. The van der Waals surface area contributed by atoms with E-state index in [0.717, 1.165) is 11.3 Å². The van der Waals surface area contributed by atoms with Crippen LogP contribution in [-0.4, -0.2) is 37.2 Å². The highest BCUT2D eigenvalue weighted by atomic mass is 16.6. The minimum atomic E-state index is -0.234. The summed E-state index contributed by atoms with van der Waals surface area (Å²) in [6.07, 6.45) is -0.234. The molecule has 0 saturated carbocycles. The molecule has 28 heavy (non-hydrogen) atoms. The van der Waals surface area contributed by atoms with E-state index < -0.39 is 0 Å². The van der Waals surface area contributed by atoms with Crippen LogP contribution in [0.4, 0.5) is 4.79 Å². The molecule has 148 valence electrons. The number of para-hydroxylation sites is 2. The lowest BCUT2D eigenvalue weighted by Gasteiger charge is -2.26. The van der Waals surface area contributed by atoms with Gasteiger partial charge in [-0.05, 0) is 43.7 Å². The van der Waals surface area contributed by atoms with Crippen LogP contribution in [0.1, 0.15) is 29.8 Å². The molecule has 0 saturated heterocycles. The Morgan fingerprint density at radius 2 is 1.75 bits per heavy atom. The van der Waals surface area contributed by atoms with E-state index in [9.17, 15) is 9.59 Å². The first-order valence-electron chi connectivity index (χ1n) is 9.31. The third kappa shape index (κ3) is 5.39. The number of amides is 3. The van der Waals surface area contributed by atoms with Crippen LogP contribution in [0.3, 0.4) is 0 Å². The number of hydrogen-bond donors (Lipinski definition) is 3. The van der Waals surface area contributed by atoms with Crippen LogP contribution in [-0.2, 0) is 6.54 Å². The maximum Gasteiger partial charge on any atom is 0.315 e. The van der Waals surface area contributed by atoms with E-state index in [-0.39, 0.29) is 24.1 Å². The van der Waals surface area contributed by atoms with Crippen molar-refractivity contribution in [3.8, 4) is 11.5 Å². The summed E-state index contributed by atoms with van der Waals surface area (Å²) in [4.78, 5) is 24.0. The Hall–Kier alpha value is -3.22. The first kappa shape index (κ1) is 19.5. The fourth-order valence-electron chi connectivity index (χ4n) is 2.74. The van der Waals surface area contributed by atoms with Crippen LogP contribution in [0.2, 0.25) is 0 Å². The Morgan fingerprint density at radius 3 is 2.46 bits per heavy atom. The van der Waals surface area contributed by atoms with Crippen LogP contribution >= 0.6 is 0 Å². The molecular weight excluding hydrogens is 358 g/mol. The molecule has 1 heterocycles. The van der Waals surface area contributed by atoms with Crippen molar-refractivity contribution < 1.29 is 19.1 Å². The van der Waals surface area contributed by atoms with Crippen molar-refractivity contribution in [1.29, 1.82) is 0 Å². The molecule has 0 fully saturated rings. The smallest absolute Gasteiger partial charge is 0.315 e. The van der Waals surface area contributed by atoms with Crippen LogP contribution in [0.5, 0.6) is 11.5 Å². The summed E-state index contributed by atoms with van der Waals surface area (Å²) >= 11 is 0. The molecule has 3 amide bonds. The molecular formula is C21H25N3O4. The van der Waals surface area contributed by atoms with Gasteiger partial charge in [0.05, 0.1) is 6.54 Å². The molecule has 7 nitrogen and oxygen atoms in total. The molecule has 0 aliphatic carbocycles. The van der Waals surface area contributed by atoms with Gasteiger partial charge in [-0.3, -0.25) is 4.79 Å². The Bertz CT molecular complexity index is 821. The van der Waals surface area contributed by atoms with E-state index in [4.69, 9.17) is 9.47 Å². The number of urea groups is 1. The van der Waals surface area contributed by atoms with Gasteiger partial charge in [0.2, 0.25) is 0 Å². The number of carbonyl (C=O) groups excluding carboxylic acids is 2. The molecule has 0 unspecified atom stereocenters. The van der Waals surface area contributed by atoms with Gasteiger partial charge in [-0.15, -0.1) is 0 Å². The molecule has 3 N–H and O–H groups in total. The van der Waals surface area contributed by atoms with E-state index in [1.54, 1.807) is 12.1 Å². The summed E-state index contributed by atoms with van der Waals surface area (Å²) in [6, 6.07) is 14.4.